The highest BCUT2D eigenvalue weighted by Crippen LogP contribution is 2.28. The standard InChI is InChI=1S/C12H9BrF2OS/c13-12-4-2-8(17-12)6-11(16)9-3-1-7(14)5-10(9)15/h1-5,11,16H,6H2. The van der Waals surface area contributed by atoms with Crippen LogP contribution in [0.5, 0.6) is 0 Å². The van der Waals surface area contributed by atoms with Crippen molar-refractivity contribution in [1.82, 2.24) is 0 Å². The number of aliphatic hydroxyl groups is 1. The number of thiophene rings is 1. The van der Waals surface area contributed by atoms with E-state index in [1.165, 1.54) is 17.4 Å². The van der Waals surface area contributed by atoms with Gasteiger partial charge in [0, 0.05) is 22.9 Å². The first-order chi connectivity index (χ1) is 8.06. The van der Waals surface area contributed by atoms with Crippen molar-refractivity contribution in [2.45, 2.75) is 12.5 Å². The summed E-state index contributed by atoms with van der Waals surface area (Å²) < 4.78 is 27.1. The Morgan fingerprint density at radius 2 is 2.00 bits per heavy atom. The van der Waals surface area contributed by atoms with Crippen LogP contribution in [0.4, 0.5) is 8.78 Å². The summed E-state index contributed by atoms with van der Waals surface area (Å²) in [7, 11) is 0. The molecule has 1 aromatic carbocycles. The van der Waals surface area contributed by atoms with Gasteiger partial charge in [0.2, 0.25) is 0 Å². The van der Waals surface area contributed by atoms with E-state index in [1.54, 1.807) is 0 Å². The third-order valence-corrected chi connectivity index (χ3v) is 3.99. The zero-order valence-electron chi connectivity index (χ0n) is 8.66. The van der Waals surface area contributed by atoms with Gasteiger partial charge in [-0.2, -0.15) is 0 Å². The van der Waals surface area contributed by atoms with Crippen molar-refractivity contribution < 1.29 is 13.9 Å². The van der Waals surface area contributed by atoms with Gasteiger partial charge in [-0.25, -0.2) is 8.78 Å². The molecule has 0 saturated heterocycles. The van der Waals surface area contributed by atoms with Crippen molar-refractivity contribution in [3.63, 3.8) is 0 Å². The van der Waals surface area contributed by atoms with Gasteiger partial charge >= 0.3 is 0 Å². The van der Waals surface area contributed by atoms with Crippen molar-refractivity contribution in [1.29, 1.82) is 0 Å². The molecule has 90 valence electrons. The second kappa shape index (κ2) is 5.25. The number of benzene rings is 1. The van der Waals surface area contributed by atoms with E-state index in [0.717, 1.165) is 20.8 Å². The van der Waals surface area contributed by atoms with E-state index < -0.39 is 17.7 Å². The van der Waals surface area contributed by atoms with Gasteiger partial charge in [-0.05, 0) is 34.1 Å². The minimum Gasteiger partial charge on any atom is -0.388 e. The number of hydrogen-bond donors (Lipinski definition) is 1. The molecule has 1 aromatic heterocycles. The normalized spacial score (nSPS) is 12.7. The highest BCUT2D eigenvalue weighted by atomic mass is 79.9. The molecule has 17 heavy (non-hydrogen) atoms. The van der Waals surface area contributed by atoms with E-state index in [-0.39, 0.29) is 5.56 Å². The molecule has 1 nitrogen and oxygen atoms in total. The lowest BCUT2D eigenvalue weighted by Crippen LogP contribution is -2.03. The maximum absolute atomic E-state index is 13.4. The molecule has 0 aliphatic carbocycles. The van der Waals surface area contributed by atoms with Crippen LogP contribution in [0, 0.1) is 11.6 Å². The second-order valence-corrected chi connectivity index (χ2v) is 6.14. The molecule has 0 radical (unpaired) electrons. The number of halogens is 3. The first-order valence-corrected chi connectivity index (χ1v) is 6.54. The topological polar surface area (TPSA) is 20.2 Å². The summed E-state index contributed by atoms with van der Waals surface area (Å²) in [4.78, 5) is 0.938. The zero-order valence-corrected chi connectivity index (χ0v) is 11.1. The van der Waals surface area contributed by atoms with E-state index in [9.17, 15) is 13.9 Å². The molecule has 0 aliphatic rings. The summed E-state index contributed by atoms with van der Waals surface area (Å²) in [5, 5.41) is 9.88. The van der Waals surface area contributed by atoms with Gasteiger partial charge in [-0.1, -0.05) is 6.07 Å². The van der Waals surface area contributed by atoms with E-state index in [1.807, 2.05) is 12.1 Å². The highest BCUT2D eigenvalue weighted by molar-refractivity contribution is 9.11. The van der Waals surface area contributed by atoms with Crippen LogP contribution in [-0.4, -0.2) is 5.11 Å². The molecule has 1 atom stereocenters. The Kier molecular flexibility index (Phi) is 3.91. The lowest BCUT2D eigenvalue weighted by atomic mass is 10.1. The van der Waals surface area contributed by atoms with Crippen molar-refractivity contribution in [2.24, 2.45) is 0 Å². The molecule has 0 fully saturated rings. The summed E-state index contributed by atoms with van der Waals surface area (Å²) in [6.45, 7) is 0. The van der Waals surface area contributed by atoms with Crippen LogP contribution in [-0.2, 0) is 6.42 Å². The Balaban J connectivity index is 2.17. The summed E-state index contributed by atoms with van der Waals surface area (Å²) >= 11 is 4.80. The predicted molar refractivity (Wildman–Crippen MR) is 67.0 cm³/mol. The van der Waals surface area contributed by atoms with Crippen LogP contribution in [0.25, 0.3) is 0 Å². The lowest BCUT2D eigenvalue weighted by Gasteiger charge is -2.10. The summed E-state index contributed by atoms with van der Waals surface area (Å²) in [5.74, 6) is -1.36. The quantitative estimate of drug-likeness (QED) is 0.904. The zero-order chi connectivity index (χ0) is 12.4. The van der Waals surface area contributed by atoms with E-state index in [0.29, 0.717) is 6.42 Å². The van der Waals surface area contributed by atoms with Gasteiger partial charge in [-0.15, -0.1) is 11.3 Å². The third-order valence-electron chi connectivity index (χ3n) is 2.34. The van der Waals surface area contributed by atoms with Crippen molar-refractivity contribution in [3.8, 4) is 0 Å². The molecule has 0 aliphatic heterocycles. The second-order valence-electron chi connectivity index (χ2n) is 3.59. The van der Waals surface area contributed by atoms with Crippen LogP contribution in [0.15, 0.2) is 34.1 Å². The average Bonchev–Trinajstić information content (AvgIpc) is 2.63. The van der Waals surface area contributed by atoms with E-state index in [4.69, 9.17) is 0 Å². The summed E-state index contributed by atoms with van der Waals surface area (Å²) in [6.07, 6.45) is -0.639. The fraction of sp³-hybridized carbons (Fsp3) is 0.167. The van der Waals surface area contributed by atoms with Crippen molar-refractivity contribution >= 4 is 27.3 Å². The average molecular weight is 319 g/mol. The minimum absolute atomic E-state index is 0.121. The molecule has 0 amide bonds. The van der Waals surface area contributed by atoms with Crippen LogP contribution in [0.1, 0.15) is 16.5 Å². The molecule has 1 N–H and O–H groups in total. The predicted octanol–water partition coefficient (Wildman–Crippen LogP) is 4.06. The molecule has 0 bridgehead atoms. The van der Waals surface area contributed by atoms with E-state index in [2.05, 4.69) is 15.9 Å². The lowest BCUT2D eigenvalue weighted by molar-refractivity contribution is 0.174. The van der Waals surface area contributed by atoms with Crippen molar-refractivity contribution in [2.75, 3.05) is 0 Å². The first kappa shape index (κ1) is 12.7. The monoisotopic (exact) mass is 318 g/mol. The highest BCUT2D eigenvalue weighted by Gasteiger charge is 2.15. The van der Waals surface area contributed by atoms with Gasteiger partial charge in [0.15, 0.2) is 0 Å². The fourth-order valence-electron chi connectivity index (χ4n) is 1.53. The number of aliphatic hydroxyl groups excluding tert-OH is 1. The Morgan fingerprint density at radius 1 is 1.24 bits per heavy atom. The smallest absolute Gasteiger partial charge is 0.131 e. The Labute approximate surface area is 110 Å². The molecular weight excluding hydrogens is 310 g/mol. The molecule has 1 heterocycles. The Hall–Kier alpha value is -0.780. The largest absolute Gasteiger partial charge is 0.388 e. The van der Waals surface area contributed by atoms with Crippen molar-refractivity contribution in [3.05, 3.63) is 56.2 Å². The molecule has 1 unspecified atom stereocenters. The number of rotatable bonds is 3. The molecular formula is C12H9BrF2OS. The maximum Gasteiger partial charge on any atom is 0.131 e. The number of hydrogen-bond acceptors (Lipinski definition) is 2. The van der Waals surface area contributed by atoms with Gasteiger partial charge in [-0.3, -0.25) is 0 Å². The van der Waals surface area contributed by atoms with E-state index >= 15 is 0 Å². The fourth-order valence-corrected chi connectivity index (χ4v) is 3.05. The van der Waals surface area contributed by atoms with Gasteiger partial charge in [0.25, 0.3) is 0 Å². The van der Waals surface area contributed by atoms with Crippen LogP contribution >= 0.6 is 27.3 Å². The van der Waals surface area contributed by atoms with Gasteiger partial charge in [0.05, 0.1) is 9.89 Å². The molecule has 2 rings (SSSR count). The van der Waals surface area contributed by atoms with Crippen LogP contribution in [0.2, 0.25) is 0 Å². The third kappa shape index (κ3) is 3.12. The van der Waals surface area contributed by atoms with Crippen LogP contribution < -0.4 is 0 Å². The SMILES string of the molecule is OC(Cc1ccc(Br)s1)c1ccc(F)cc1F. The van der Waals surface area contributed by atoms with Gasteiger partial charge in [0.1, 0.15) is 11.6 Å². The minimum atomic E-state index is -0.957. The van der Waals surface area contributed by atoms with Crippen LogP contribution in [0.3, 0.4) is 0 Å². The maximum atomic E-state index is 13.4. The summed E-state index contributed by atoms with van der Waals surface area (Å²) in [5.41, 5.74) is 0.121. The molecule has 5 heteroatoms. The molecule has 2 aromatic rings. The summed E-state index contributed by atoms with van der Waals surface area (Å²) in [6, 6.07) is 6.93. The first-order valence-electron chi connectivity index (χ1n) is 4.93. The van der Waals surface area contributed by atoms with Gasteiger partial charge < -0.3 is 5.11 Å². The Morgan fingerprint density at radius 3 is 2.59 bits per heavy atom. The molecule has 0 spiro atoms. The molecule has 0 saturated carbocycles. The Bertz CT molecular complexity index is 527.